The van der Waals surface area contributed by atoms with E-state index >= 15 is 0 Å². The molecular formula is C13H18O. The Kier molecular flexibility index (Phi) is 4.41. The lowest BCUT2D eigenvalue weighted by Gasteiger charge is -2.04. The molecule has 0 heterocycles. The zero-order valence-electron chi connectivity index (χ0n) is 9.16. The van der Waals surface area contributed by atoms with Gasteiger partial charge in [-0.15, -0.1) is 0 Å². The van der Waals surface area contributed by atoms with Gasteiger partial charge in [-0.25, -0.2) is 0 Å². The fourth-order valence-electron chi connectivity index (χ4n) is 1.27. The van der Waals surface area contributed by atoms with Crippen LogP contribution in [0.4, 0.5) is 0 Å². The molecule has 1 atom stereocenters. The van der Waals surface area contributed by atoms with Gasteiger partial charge in [0.2, 0.25) is 0 Å². The Labute approximate surface area is 86.4 Å². The number of hydrogen-bond donors (Lipinski definition) is 0. The van der Waals surface area contributed by atoms with Crippen LogP contribution < -0.4 is 0 Å². The van der Waals surface area contributed by atoms with Gasteiger partial charge >= 0.3 is 0 Å². The van der Waals surface area contributed by atoms with Crippen LogP contribution in [0.15, 0.2) is 30.3 Å². The number of benzene rings is 1. The highest BCUT2D eigenvalue weighted by atomic mass is 16.5. The van der Waals surface area contributed by atoms with Gasteiger partial charge in [-0.05, 0) is 25.8 Å². The minimum Gasteiger partial charge on any atom is -0.381 e. The second-order valence-corrected chi connectivity index (χ2v) is 3.60. The molecule has 0 N–H and O–H groups in total. The van der Waals surface area contributed by atoms with Crippen molar-refractivity contribution >= 4 is 6.08 Å². The molecule has 1 rings (SSSR count). The first-order valence-electron chi connectivity index (χ1n) is 4.98. The maximum Gasteiger partial charge on any atom is 0.0577 e. The van der Waals surface area contributed by atoms with Crippen molar-refractivity contribution in [3.05, 3.63) is 41.5 Å². The normalized spacial score (nSPS) is 13.4. The molecule has 1 unspecified atom stereocenters. The fraction of sp³-hybridized carbons (Fsp3) is 0.385. The molecule has 0 amide bonds. The number of hydrogen-bond acceptors (Lipinski definition) is 1. The van der Waals surface area contributed by atoms with Gasteiger partial charge in [0.05, 0.1) is 6.10 Å². The highest BCUT2D eigenvalue weighted by Crippen LogP contribution is 2.07. The molecular weight excluding hydrogens is 172 g/mol. The third-order valence-corrected chi connectivity index (χ3v) is 2.22. The number of ether oxygens (including phenoxy) is 1. The lowest BCUT2D eigenvalue weighted by molar-refractivity contribution is 0.121. The molecule has 0 fully saturated rings. The first-order valence-corrected chi connectivity index (χ1v) is 4.98. The molecule has 0 aliphatic rings. The van der Waals surface area contributed by atoms with Gasteiger partial charge in [0.25, 0.3) is 0 Å². The number of methoxy groups -OCH3 is 1. The SMILES string of the molecule is COC(C)C/C=C/c1cccc(C)c1. The van der Waals surface area contributed by atoms with Crippen LogP contribution in [0.1, 0.15) is 24.5 Å². The van der Waals surface area contributed by atoms with E-state index < -0.39 is 0 Å². The van der Waals surface area contributed by atoms with Crippen molar-refractivity contribution in [1.29, 1.82) is 0 Å². The zero-order chi connectivity index (χ0) is 10.4. The number of rotatable bonds is 4. The van der Waals surface area contributed by atoms with E-state index in [9.17, 15) is 0 Å². The van der Waals surface area contributed by atoms with Gasteiger partial charge in [-0.1, -0.05) is 42.0 Å². The fourth-order valence-corrected chi connectivity index (χ4v) is 1.27. The Bertz CT molecular complexity index is 302. The predicted molar refractivity (Wildman–Crippen MR) is 61.3 cm³/mol. The maximum atomic E-state index is 5.16. The van der Waals surface area contributed by atoms with E-state index in [0.717, 1.165) is 6.42 Å². The third-order valence-electron chi connectivity index (χ3n) is 2.22. The average Bonchev–Trinajstić information content (AvgIpc) is 2.17. The van der Waals surface area contributed by atoms with Crippen LogP contribution in [0.25, 0.3) is 6.08 Å². The summed E-state index contributed by atoms with van der Waals surface area (Å²) in [5.74, 6) is 0. The van der Waals surface area contributed by atoms with Gasteiger partial charge in [-0.3, -0.25) is 0 Å². The van der Waals surface area contributed by atoms with Crippen molar-refractivity contribution in [3.63, 3.8) is 0 Å². The highest BCUT2D eigenvalue weighted by Gasteiger charge is 1.93. The molecule has 1 aromatic carbocycles. The molecule has 0 bridgehead atoms. The Hall–Kier alpha value is -1.08. The van der Waals surface area contributed by atoms with E-state index in [1.54, 1.807) is 7.11 Å². The van der Waals surface area contributed by atoms with Gasteiger partial charge < -0.3 is 4.74 Å². The zero-order valence-corrected chi connectivity index (χ0v) is 9.16. The van der Waals surface area contributed by atoms with E-state index in [1.165, 1.54) is 11.1 Å². The van der Waals surface area contributed by atoms with Crippen molar-refractivity contribution in [2.24, 2.45) is 0 Å². The summed E-state index contributed by atoms with van der Waals surface area (Å²) in [6.45, 7) is 4.18. The second kappa shape index (κ2) is 5.61. The third kappa shape index (κ3) is 3.75. The average molecular weight is 190 g/mol. The van der Waals surface area contributed by atoms with Crippen molar-refractivity contribution in [1.82, 2.24) is 0 Å². The lowest BCUT2D eigenvalue weighted by atomic mass is 10.1. The smallest absolute Gasteiger partial charge is 0.0577 e. The monoisotopic (exact) mass is 190 g/mol. The van der Waals surface area contributed by atoms with Crippen molar-refractivity contribution < 1.29 is 4.74 Å². The molecule has 0 aliphatic heterocycles. The highest BCUT2D eigenvalue weighted by molar-refractivity contribution is 5.50. The van der Waals surface area contributed by atoms with E-state index in [4.69, 9.17) is 4.74 Å². The van der Waals surface area contributed by atoms with Crippen LogP contribution in [-0.2, 0) is 4.74 Å². The molecule has 0 spiro atoms. The molecule has 0 aliphatic carbocycles. The summed E-state index contributed by atoms with van der Waals surface area (Å²) in [4.78, 5) is 0. The molecule has 0 aromatic heterocycles. The predicted octanol–water partition coefficient (Wildman–Crippen LogP) is 3.43. The van der Waals surface area contributed by atoms with Crippen LogP contribution in [0.3, 0.4) is 0 Å². The quantitative estimate of drug-likeness (QED) is 0.706. The molecule has 76 valence electrons. The molecule has 0 radical (unpaired) electrons. The number of aryl methyl sites for hydroxylation is 1. The molecule has 1 nitrogen and oxygen atoms in total. The lowest BCUT2D eigenvalue weighted by Crippen LogP contribution is -2.01. The van der Waals surface area contributed by atoms with E-state index in [1.807, 2.05) is 0 Å². The standard InChI is InChI=1S/C13H18O/c1-11-6-4-8-13(10-11)9-5-7-12(2)14-3/h4-6,8-10,12H,7H2,1-3H3/b9-5+. The molecule has 14 heavy (non-hydrogen) atoms. The summed E-state index contributed by atoms with van der Waals surface area (Å²) in [7, 11) is 1.74. The van der Waals surface area contributed by atoms with E-state index in [2.05, 4.69) is 50.3 Å². The molecule has 0 saturated carbocycles. The van der Waals surface area contributed by atoms with E-state index in [0.29, 0.717) is 6.10 Å². The summed E-state index contributed by atoms with van der Waals surface area (Å²) in [6, 6.07) is 8.47. The van der Waals surface area contributed by atoms with Crippen LogP contribution in [0.2, 0.25) is 0 Å². The first-order chi connectivity index (χ1) is 6.72. The van der Waals surface area contributed by atoms with Gasteiger partial charge in [-0.2, -0.15) is 0 Å². The topological polar surface area (TPSA) is 9.23 Å². The van der Waals surface area contributed by atoms with Crippen molar-refractivity contribution in [2.45, 2.75) is 26.4 Å². The Morgan fingerprint density at radius 2 is 2.21 bits per heavy atom. The molecule has 1 heteroatoms. The minimum absolute atomic E-state index is 0.302. The molecule has 0 saturated heterocycles. The minimum atomic E-state index is 0.302. The second-order valence-electron chi connectivity index (χ2n) is 3.60. The summed E-state index contributed by atoms with van der Waals surface area (Å²) < 4.78 is 5.16. The van der Waals surface area contributed by atoms with Crippen molar-refractivity contribution in [2.75, 3.05) is 7.11 Å². The van der Waals surface area contributed by atoms with E-state index in [-0.39, 0.29) is 0 Å². The molecule has 1 aromatic rings. The van der Waals surface area contributed by atoms with Gasteiger partial charge in [0.15, 0.2) is 0 Å². The summed E-state index contributed by atoms with van der Waals surface area (Å²) in [5.41, 5.74) is 2.56. The first kappa shape index (κ1) is 11.0. The Balaban J connectivity index is 2.51. The van der Waals surface area contributed by atoms with Crippen LogP contribution in [-0.4, -0.2) is 13.2 Å². The van der Waals surface area contributed by atoms with Crippen LogP contribution >= 0.6 is 0 Å². The van der Waals surface area contributed by atoms with Crippen LogP contribution in [0.5, 0.6) is 0 Å². The summed E-state index contributed by atoms with van der Waals surface area (Å²) in [5, 5.41) is 0. The Morgan fingerprint density at radius 1 is 1.43 bits per heavy atom. The Morgan fingerprint density at radius 3 is 2.86 bits per heavy atom. The summed E-state index contributed by atoms with van der Waals surface area (Å²) in [6.07, 6.45) is 5.56. The van der Waals surface area contributed by atoms with Gasteiger partial charge in [0, 0.05) is 7.11 Å². The largest absolute Gasteiger partial charge is 0.381 e. The van der Waals surface area contributed by atoms with Gasteiger partial charge in [0.1, 0.15) is 0 Å². The van der Waals surface area contributed by atoms with Crippen molar-refractivity contribution in [3.8, 4) is 0 Å². The van der Waals surface area contributed by atoms with Crippen LogP contribution in [0, 0.1) is 6.92 Å². The maximum absolute atomic E-state index is 5.16. The summed E-state index contributed by atoms with van der Waals surface area (Å²) >= 11 is 0.